The van der Waals surface area contributed by atoms with Gasteiger partial charge in [-0.25, -0.2) is 4.98 Å². The number of carbonyl (C=O) groups excluding carboxylic acids is 4. The van der Waals surface area contributed by atoms with Gasteiger partial charge in [-0.2, -0.15) is 18.4 Å². The van der Waals surface area contributed by atoms with Crippen molar-refractivity contribution < 1.29 is 37.1 Å². The molecule has 3 saturated heterocycles. The summed E-state index contributed by atoms with van der Waals surface area (Å²) in [5, 5.41) is 17.9. The summed E-state index contributed by atoms with van der Waals surface area (Å²) in [6.45, 7) is 4.17. The van der Waals surface area contributed by atoms with E-state index >= 15 is 0 Å². The largest absolute Gasteiger partial charge is 0.493 e. The molecule has 4 amide bonds. The summed E-state index contributed by atoms with van der Waals surface area (Å²) < 4.78 is 47.7. The predicted molar refractivity (Wildman–Crippen MR) is 225 cm³/mol. The number of carbonyl (C=O) groups is 4. The van der Waals surface area contributed by atoms with Gasteiger partial charge >= 0.3 is 6.18 Å². The summed E-state index contributed by atoms with van der Waals surface area (Å²) in [4.78, 5) is 59.2. The highest BCUT2D eigenvalue weighted by atomic mass is 35.5. The summed E-state index contributed by atoms with van der Waals surface area (Å²) >= 11 is 12.1. The number of halogens is 5. The first kappa shape index (κ1) is 44.5. The molecule has 1 atom stereocenters. The number of aromatic nitrogens is 1. The molecule has 1 spiro atoms. The average Bonchev–Trinajstić information content (AvgIpc) is 3.42. The SMILES string of the molecule is CCc1cc(N2C(=S)N(c3cnc(C#N)c(C(F)(F)F)c3)C(=O)C23CCC3)ccc1OCCC1CCN(CC(=O)Nc2cc(Cl)cc(NC3CCC(=O)NC3=O)c2)CC1.Cl. The van der Waals surface area contributed by atoms with Crippen LogP contribution in [0, 0.1) is 17.2 Å². The Balaban J connectivity index is 0.00000604. The molecule has 0 radical (unpaired) electrons. The summed E-state index contributed by atoms with van der Waals surface area (Å²) in [7, 11) is 0. The molecule has 4 fully saturated rings. The summed E-state index contributed by atoms with van der Waals surface area (Å²) in [6, 6.07) is 12.2. The molecule has 1 unspecified atom stereocenters. The van der Waals surface area contributed by atoms with Gasteiger partial charge in [-0.05, 0) is 131 Å². The van der Waals surface area contributed by atoms with Gasteiger partial charge in [0, 0.05) is 28.5 Å². The number of piperidine rings is 2. The Hall–Kier alpha value is -5.02. The van der Waals surface area contributed by atoms with Crippen LogP contribution in [0.15, 0.2) is 48.7 Å². The van der Waals surface area contributed by atoms with E-state index in [1.54, 1.807) is 23.1 Å². The van der Waals surface area contributed by atoms with Crippen molar-refractivity contribution in [3.8, 4) is 11.8 Å². The van der Waals surface area contributed by atoms with Crippen molar-refractivity contribution >= 4 is 87.7 Å². The van der Waals surface area contributed by atoms with Gasteiger partial charge in [-0.1, -0.05) is 18.5 Å². The van der Waals surface area contributed by atoms with E-state index in [0.717, 1.165) is 61.5 Å². The summed E-state index contributed by atoms with van der Waals surface area (Å²) in [5.74, 6) is -0.217. The number of ether oxygens (including phenoxy) is 1. The number of anilines is 4. The molecule has 318 valence electrons. The standard InChI is InChI=1S/C41H42ClF3N8O5S.ClH/c1-2-25-16-29(53-39(59)52(38(57)40(53)11-3-12-40)30-20-31(41(43,44)45)33(21-46)47-22-30)4-6-34(25)58-15-10-24-8-13-51(14-9-24)23-36(55)49-28-18-26(42)17-27(19-28)48-32-5-7-35(54)50-37(32)56;/h4,6,16-20,22,24,32,48H,2-3,5,7-15,23H2,1H3,(H,49,55)(H,50,54,56);1H. The third-order valence-electron chi connectivity index (χ3n) is 11.4. The van der Waals surface area contributed by atoms with E-state index < -0.39 is 40.8 Å². The number of aryl methyl sites for hydroxylation is 1. The van der Waals surface area contributed by atoms with Crippen LogP contribution < -0.4 is 30.5 Å². The number of hydrogen-bond acceptors (Lipinski definition) is 10. The molecular formula is C41H43Cl2F3N8O5S. The van der Waals surface area contributed by atoms with Crippen LogP contribution in [0.3, 0.4) is 0 Å². The Labute approximate surface area is 361 Å². The number of imide groups is 1. The lowest BCUT2D eigenvalue weighted by atomic mass is 9.75. The fraction of sp³-hybridized carbons (Fsp3) is 0.439. The number of hydrogen-bond donors (Lipinski definition) is 3. The van der Waals surface area contributed by atoms with Gasteiger partial charge < -0.3 is 20.3 Å². The van der Waals surface area contributed by atoms with Gasteiger partial charge in [-0.3, -0.25) is 34.3 Å². The first-order valence-corrected chi connectivity index (χ1v) is 20.3. The topological polar surface area (TPSA) is 160 Å². The van der Waals surface area contributed by atoms with Gasteiger partial charge in [0.1, 0.15) is 23.4 Å². The molecular weight excluding hydrogens is 844 g/mol. The molecule has 4 heterocycles. The van der Waals surface area contributed by atoms with Crippen molar-refractivity contribution in [3.05, 3.63) is 70.5 Å². The van der Waals surface area contributed by atoms with Crippen molar-refractivity contribution in [2.45, 2.75) is 82.5 Å². The van der Waals surface area contributed by atoms with Crippen molar-refractivity contribution in [2.24, 2.45) is 5.92 Å². The van der Waals surface area contributed by atoms with Crippen LogP contribution >= 0.6 is 36.2 Å². The molecule has 3 aromatic rings. The molecule has 13 nitrogen and oxygen atoms in total. The van der Waals surface area contributed by atoms with Crippen molar-refractivity contribution in [2.75, 3.05) is 46.7 Å². The summed E-state index contributed by atoms with van der Waals surface area (Å²) in [6.07, 6.45) is 1.77. The number of pyridine rings is 1. The first-order chi connectivity index (χ1) is 28.2. The van der Waals surface area contributed by atoms with E-state index in [0.29, 0.717) is 66.0 Å². The Morgan fingerprint density at radius 3 is 2.47 bits per heavy atom. The van der Waals surface area contributed by atoms with Crippen LogP contribution in [0.5, 0.6) is 5.75 Å². The van der Waals surface area contributed by atoms with E-state index in [2.05, 4.69) is 25.8 Å². The van der Waals surface area contributed by atoms with Crippen LogP contribution in [0.4, 0.5) is 35.9 Å². The zero-order valence-corrected chi connectivity index (χ0v) is 35.0. The van der Waals surface area contributed by atoms with Gasteiger partial charge in [0.05, 0.1) is 30.6 Å². The first-order valence-electron chi connectivity index (χ1n) is 19.5. The van der Waals surface area contributed by atoms with Crippen LogP contribution in [0.2, 0.25) is 5.02 Å². The number of nitriles is 1. The molecule has 4 aliphatic rings. The lowest BCUT2D eigenvalue weighted by Gasteiger charge is -2.43. The number of alkyl halides is 3. The van der Waals surface area contributed by atoms with E-state index in [-0.39, 0.29) is 48.0 Å². The van der Waals surface area contributed by atoms with Gasteiger partial charge in [0.15, 0.2) is 10.8 Å². The van der Waals surface area contributed by atoms with Crippen molar-refractivity contribution in [1.29, 1.82) is 5.26 Å². The fourth-order valence-corrected chi connectivity index (χ4v) is 8.86. The average molecular weight is 888 g/mol. The third kappa shape index (κ3) is 9.31. The lowest BCUT2D eigenvalue weighted by molar-refractivity contribution is -0.138. The minimum Gasteiger partial charge on any atom is -0.493 e. The Morgan fingerprint density at radius 1 is 1.08 bits per heavy atom. The zero-order valence-electron chi connectivity index (χ0n) is 32.6. The number of nitrogens with one attached hydrogen (secondary N) is 3. The molecule has 0 bridgehead atoms. The Kier molecular flexibility index (Phi) is 13.6. The Morgan fingerprint density at radius 2 is 1.82 bits per heavy atom. The minimum absolute atomic E-state index is 0. The monoisotopic (exact) mass is 886 g/mol. The van der Waals surface area contributed by atoms with Crippen LogP contribution in [-0.2, 0) is 31.8 Å². The number of amides is 4. The number of nitrogens with zero attached hydrogens (tertiary/aromatic N) is 5. The van der Waals surface area contributed by atoms with E-state index in [1.807, 2.05) is 25.1 Å². The normalized spacial score (nSPS) is 19.4. The highest BCUT2D eigenvalue weighted by Crippen LogP contribution is 2.49. The molecule has 3 aliphatic heterocycles. The number of rotatable bonds is 12. The smallest absolute Gasteiger partial charge is 0.419 e. The van der Waals surface area contributed by atoms with E-state index in [1.165, 1.54) is 6.07 Å². The van der Waals surface area contributed by atoms with Gasteiger partial charge in [0.25, 0.3) is 5.91 Å². The van der Waals surface area contributed by atoms with Gasteiger partial charge in [-0.15, -0.1) is 12.4 Å². The molecule has 1 aliphatic carbocycles. The highest BCUT2D eigenvalue weighted by Gasteiger charge is 2.60. The van der Waals surface area contributed by atoms with Gasteiger partial charge in [0.2, 0.25) is 17.7 Å². The predicted octanol–water partition coefficient (Wildman–Crippen LogP) is 7.01. The Bertz CT molecular complexity index is 2230. The molecule has 1 saturated carbocycles. The third-order valence-corrected chi connectivity index (χ3v) is 12.0. The number of thiocarbonyl (C=S) groups is 1. The van der Waals surface area contributed by atoms with Crippen molar-refractivity contribution in [3.63, 3.8) is 0 Å². The second-order valence-corrected chi connectivity index (χ2v) is 16.1. The van der Waals surface area contributed by atoms with Crippen molar-refractivity contribution in [1.82, 2.24) is 15.2 Å². The summed E-state index contributed by atoms with van der Waals surface area (Å²) in [5.41, 5.74) is -0.590. The lowest BCUT2D eigenvalue weighted by Crippen LogP contribution is -2.55. The maximum atomic E-state index is 13.9. The molecule has 2 aromatic carbocycles. The zero-order chi connectivity index (χ0) is 42.1. The highest BCUT2D eigenvalue weighted by molar-refractivity contribution is 7.81. The quantitative estimate of drug-likeness (QED) is 0.127. The minimum atomic E-state index is -4.85. The van der Waals surface area contributed by atoms with E-state index in [9.17, 15) is 37.6 Å². The second-order valence-electron chi connectivity index (χ2n) is 15.3. The molecule has 7 rings (SSSR count). The maximum absolute atomic E-state index is 13.9. The van der Waals surface area contributed by atoms with Crippen LogP contribution in [0.25, 0.3) is 0 Å². The number of benzene rings is 2. The van der Waals surface area contributed by atoms with E-state index in [4.69, 9.17) is 28.6 Å². The van der Waals surface area contributed by atoms with Crippen LogP contribution in [-0.4, -0.2) is 76.4 Å². The second kappa shape index (κ2) is 18.3. The molecule has 60 heavy (non-hydrogen) atoms. The maximum Gasteiger partial charge on any atom is 0.419 e. The number of likely N-dealkylation sites (tertiary alicyclic amines) is 1. The fourth-order valence-electron chi connectivity index (χ4n) is 8.16. The molecule has 3 N–H and O–H groups in total. The molecule has 19 heteroatoms. The van der Waals surface area contributed by atoms with Crippen LogP contribution in [0.1, 0.15) is 75.1 Å². The molecule has 1 aromatic heterocycles.